The Morgan fingerprint density at radius 1 is 1.50 bits per heavy atom. The van der Waals surface area contributed by atoms with Crippen LogP contribution in [-0.4, -0.2) is 42.2 Å². The van der Waals surface area contributed by atoms with Crippen LogP contribution in [0.3, 0.4) is 0 Å². The first-order valence-electron chi connectivity index (χ1n) is 5.13. The summed E-state index contributed by atoms with van der Waals surface area (Å²) in [6.45, 7) is 6.72. The van der Waals surface area contributed by atoms with Crippen molar-refractivity contribution in [2.75, 3.05) is 19.6 Å². The molecule has 1 saturated heterocycles. The molecule has 0 bridgehead atoms. The van der Waals surface area contributed by atoms with Crippen LogP contribution in [0.25, 0.3) is 0 Å². The molecule has 1 N–H and O–H groups in total. The molecule has 82 valence electrons. The maximum atomic E-state index is 13.4. The molecular formula is C10H19FN2O. The quantitative estimate of drug-likeness (QED) is 0.686. The third-order valence-corrected chi connectivity index (χ3v) is 2.50. The molecular weight excluding hydrogens is 183 g/mol. The Kier molecular flexibility index (Phi) is 3.48. The van der Waals surface area contributed by atoms with Gasteiger partial charge in [-0.25, -0.2) is 4.39 Å². The molecule has 4 heteroatoms. The smallest absolute Gasteiger partial charge is 0.259 e. The average Bonchev–Trinajstić information content (AvgIpc) is 2.27. The Hall–Kier alpha value is -0.640. The van der Waals surface area contributed by atoms with Crippen LogP contribution in [0.2, 0.25) is 0 Å². The van der Waals surface area contributed by atoms with E-state index in [1.807, 2.05) is 0 Å². The lowest BCUT2D eigenvalue weighted by Gasteiger charge is -2.25. The van der Waals surface area contributed by atoms with E-state index in [2.05, 4.69) is 12.2 Å². The van der Waals surface area contributed by atoms with Gasteiger partial charge in [0.1, 0.15) is 0 Å². The molecule has 1 amide bonds. The Labute approximate surface area is 84.7 Å². The van der Waals surface area contributed by atoms with Crippen LogP contribution in [0.5, 0.6) is 0 Å². The summed E-state index contributed by atoms with van der Waals surface area (Å²) in [6.07, 6.45) is 0.891. The fourth-order valence-corrected chi connectivity index (χ4v) is 1.59. The van der Waals surface area contributed by atoms with Gasteiger partial charge in [-0.3, -0.25) is 4.79 Å². The lowest BCUT2D eigenvalue weighted by molar-refractivity contribution is -0.141. The van der Waals surface area contributed by atoms with Crippen molar-refractivity contribution in [2.24, 2.45) is 0 Å². The molecule has 0 radical (unpaired) electrons. The normalized spacial score (nSPS) is 24.6. The number of carbonyl (C=O) groups excluding carboxylic acids is 1. The van der Waals surface area contributed by atoms with Gasteiger partial charge >= 0.3 is 0 Å². The maximum Gasteiger partial charge on any atom is 0.259 e. The summed E-state index contributed by atoms with van der Waals surface area (Å²) in [4.78, 5) is 13.2. The monoisotopic (exact) mass is 202 g/mol. The number of hydrogen-bond donors (Lipinski definition) is 1. The Balaban J connectivity index is 2.56. The van der Waals surface area contributed by atoms with Gasteiger partial charge < -0.3 is 10.2 Å². The van der Waals surface area contributed by atoms with E-state index < -0.39 is 11.6 Å². The van der Waals surface area contributed by atoms with Gasteiger partial charge in [0, 0.05) is 25.7 Å². The third kappa shape index (κ3) is 2.94. The van der Waals surface area contributed by atoms with Crippen LogP contribution in [0.1, 0.15) is 27.2 Å². The van der Waals surface area contributed by atoms with Crippen LogP contribution in [0, 0.1) is 0 Å². The summed E-state index contributed by atoms with van der Waals surface area (Å²) >= 11 is 0. The highest BCUT2D eigenvalue weighted by Gasteiger charge is 2.32. The molecule has 1 heterocycles. The minimum atomic E-state index is -1.74. The van der Waals surface area contributed by atoms with Gasteiger partial charge in [0.05, 0.1) is 0 Å². The third-order valence-electron chi connectivity index (χ3n) is 2.50. The predicted octanol–water partition coefficient (Wildman–Crippen LogP) is 0.945. The number of alkyl halides is 1. The second kappa shape index (κ2) is 4.26. The average molecular weight is 202 g/mol. The predicted molar refractivity (Wildman–Crippen MR) is 53.8 cm³/mol. The minimum absolute atomic E-state index is 0.395. The minimum Gasteiger partial charge on any atom is -0.339 e. The number of hydrogen-bond acceptors (Lipinski definition) is 2. The first-order chi connectivity index (χ1) is 6.41. The largest absolute Gasteiger partial charge is 0.339 e. The van der Waals surface area contributed by atoms with E-state index in [1.54, 1.807) is 4.90 Å². The zero-order valence-corrected chi connectivity index (χ0v) is 9.14. The van der Waals surface area contributed by atoms with Crippen LogP contribution >= 0.6 is 0 Å². The van der Waals surface area contributed by atoms with Gasteiger partial charge in [0.15, 0.2) is 5.67 Å². The fraction of sp³-hybridized carbons (Fsp3) is 0.900. The molecule has 1 unspecified atom stereocenters. The van der Waals surface area contributed by atoms with Gasteiger partial charge in [0.25, 0.3) is 5.91 Å². The zero-order chi connectivity index (χ0) is 10.8. The molecule has 1 rings (SSSR count). The maximum absolute atomic E-state index is 13.4. The Morgan fingerprint density at radius 3 is 2.71 bits per heavy atom. The van der Waals surface area contributed by atoms with Crippen molar-refractivity contribution in [1.29, 1.82) is 0 Å². The van der Waals surface area contributed by atoms with Crippen molar-refractivity contribution in [2.45, 2.75) is 38.9 Å². The second-order valence-electron chi connectivity index (χ2n) is 4.41. The summed E-state index contributed by atoms with van der Waals surface area (Å²) < 4.78 is 13.4. The Bertz CT molecular complexity index is 213. The zero-order valence-electron chi connectivity index (χ0n) is 9.14. The summed E-state index contributed by atoms with van der Waals surface area (Å²) in [6, 6.07) is 0.413. The summed E-state index contributed by atoms with van der Waals surface area (Å²) in [7, 11) is 0. The van der Waals surface area contributed by atoms with Gasteiger partial charge in [-0.2, -0.15) is 0 Å². The second-order valence-corrected chi connectivity index (χ2v) is 4.41. The van der Waals surface area contributed by atoms with E-state index >= 15 is 0 Å². The molecule has 0 aliphatic carbocycles. The number of amides is 1. The number of halogens is 1. The molecule has 0 spiro atoms. The highest BCUT2D eigenvalue weighted by atomic mass is 19.1. The van der Waals surface area contributed by atoms with Crippen molar-refractivity contribution in [3.63, 3.8) is 0 Å². The molecule has 1 aliphatic rings. The van der Waals surface area contributed by atoms with Crippen molar-refractivity contribution < 1.29 is 9.18 Å². The van der Waals surface area contributed by atoms with Crippen LogP contribution in [0.15, 0.2) is 0 Å². The molecule has 1 fully saturated rings. The van der Waals surface area contributed by atoms with E-state index in [0.717, 1.165) is 13.0 Å². The van der Waals surface area contributed by atoms with E-state index in [9.17, 15) is 9.18 Å². The first-order valence-corrected chi connectivity index (χ1v) is 5.13. The standard InChI is InChI=1S/C10H19FN2O/c1-8-4-6-13(7-5-12-8)9(14)10(2,3)11/h8,12H,4-7H2,1-3H3. The lowest BCUT2D eigenvalue weighted by atomic mass is 10.1. The summed E-state index contributed by atoms with van der Waals surface area (Å²) in [5.74, 6) is -0.395. The summed E-state index contributed by atoms with van der Waals surface area (Å²) in [5.41, 5.74) is -1.74. The van der Waals surface area contributed by atoms with Gasteiger partial charge in [0.2, 0.25) is 0 Å². The van der Waals surface area contributed by atoms with E-state index in [4.69, 9.17) is 0 Å². The molecule has 0 aromatic carbocycles. The molecule has 1 aliphatic heterocycles. The Morgan fingerprint density at radius 2 is 2.14 bits per heavy atom. The molecule has 3 nitrogen and oxygen atoms in total. The number of nitrogens with zero attached hydrogens (tertiary/aromatic N) is 1. The summed E-state index contributed by atoms with van der Waals surface area (Å²) in [5, 5.41) is 3.26. The molecule has 0 aromatic heterocycles. The van der Waals surface area contributed by atoms with Crippen molar-refractivity contribution in [1.82, 2.24) is 10.2 Å². The van der Waals surface area contributed by atoms with E-state index in [-0.39, 0.29) is 0 Å². The highest BCUT2D eigenvalue weighted by molar-refractivity contribution is 5.84. The first kappa shape index (κ1) is 11.4. The number of carbonyl (C=O) groups is 1. The lowest BCUT2D eigenvalue weighted by Crippen LogP contribution is -2.44. The van der Waals surface area contributed by atoms with Crippen molar-refractivity contribution in [3.8, 4) is 0 Å². The van der Waals surface area contributed by atoms with Gasteiger partial charge in [-0.1, -0.05) is 0 Å². The fourth-order valence-electron chi connectivity index (χ4n) is 1.59. The topological polar surface area (TPSA) is 32.3 Å². The molecule has 1 atom stereocenters. The van der Waals surface area contributed by atoms with E-state index in [0.29, 0.717) is 19.1 Å². The molecule has 0 aromatic rings. The van der Waals surface area contributed by atoms with Crippen LogP contribution in [0.4, 0.5) is 4.39 Å². The molecule has 0 saturated carbocycles. The number of rotatable bonds is 1. The van der Waals surface area contributed by atoms with Crippen molar-refractivity contribution >= 4 is 5.91 Å². The van der Waals surface area contributed by atoms with E-state index in [1.165, 1.54) is 13.8 Å². The van der Waals surface area contributed by atoms with Gasteiger partial charge in [-0.05, 0) is 27.2 Å². The van der Waals surface area contributed by atoms with Crippen molar-refractivity contribution in [3.05, 3.63) is 0 Å². The number of nitrogens with one attached hydrogen (secondary N) is 1. The molecule has 14 heavy (non-hydrogen) atoms. The van der Waals surface area contributed by atoms with Crippen LogP contribution < -0.4 is 5.32 Å². The van der Waals surface area contributed by atoms with Crippen LogP contribution in [-0.2, 0) is 4.79 Å². The highest BCUT2D eigenvalue weighted by Crippen LogP contribution is 2.14. The SMILES string of the molecule is CC1CCN(C(=O)C(C)(C)F)CCN1. The van der Waals surface area contributed by atoms with Gasteiger partial charge in [-0.15, -0.1) is 0 Å².